The number of amides is 1. The number of hydrogen-bond acceptors (Lipinski definition) is 5. The molecule has 1 aliphatic carbocycles. The Kier molecular flexibility index (Phi) is 5.27. The quantitative estimate of drug-likeness (QED) is 0.682. The summed E-state index contributed by atoms with van der Waals surface area (Å²) in [6.07, 6.45) is 6.53. The fourth-order valence-corrected chi connectivity index (χ4v) is 4.18. The van der Waals surface area contributed by atoms with Crippen LogP contribution in [-0.2, 0) is 0 Å². The van der Waals surface area contributed by atoms with Gasteiger partial charge in [0.2, 0.25) is 0 Å². The SMILES string of the molecule is CC(C)(O)C1CCC(NC(=O)c2cnc(-n3nc(Cl)c4ccccc43)nc2)CC1. The zero-order valence-corrected chi connectivity index (χ0v) is 17.2. The second-order valence-electron chi connectivity index (χ2n) is 8.17. The molecule has 0 aliphatic heterocycles. The van der Waals surface area contributed by atoms with Gasteiger partial charge < -0.3 is 10.4 Å². The Morgan fingerprint density at radius 3 is 2.48 bits per heavy atom. The number of aliphatic hydroxyl groups is 1. The Balaban J connectivity index is 1.44. The standard InChI is InChI=1S/C21H24ClN5O2/c1-21(2,29)14-7-9-15(10-8-14)25-19(28)13-11-23-20(24-12-13)27-17-6-4-3-5-16(17)18(22)26-27/h3-6,11-12,14-15,29H,7-10H2,1-2H3,(H,25,28). The van der Waals surface area contributed by atoms with Gasteiger partial charge in [0.1, 0.15) is 0 Å². The molecule has 152 valence electrons. The topological polar surface area (TPSA) is 92.9 Å². The zero-order chi connectivity index (χ0) is 20.6. The van der Waals surface area contributed by atoms with Gasteiger partial charge in [0.15, 0.2) is 5.15 Å². The minimum absolute atomic E-state index is 0.106. The van der Waals surface area contributed by atoms with E-state index in [1.165, 1.54) is 12.4 Å². The second-order valence-corrected chi connectivity index (χ2v) is 8.53. The number of carbonyl (C=O) groups is 1. The van der Waals surface area contributed by atoms with Crippen molar-refractivity contribution < 1.29 is 9.90 Å². The first-order chi connectivity index (χ1) is 13.8. The van der Waals surface area contributed by atoms with Gasteiger partial charge in [-0.05, 0) is 57.6 Å². The van der Waals surface area contributed by atoms with Gasteiger partial charge >= 0.3 is 0 Å². The number of rotatable bonds is 4. The van der Waals surface area contributed by atoms with Crippen LogP contribution in [0.5, 0.6) is 0 Å². The van der Waals surface area contributed by atoms with E-state index < -0.39 is 5.60 Å². The summed E-state index contributed by atoms with van der Waals surface area (Å²) in [6.45, 7) is 3.71. The number of benzene rings is 1. The molecule has 1 saturated carbocycles. The Morgan fingerprint density at radius 2 is 1.83 bits per heavy atom. The third kappa shape index (κ3) is 4.11. The molecule has 8 heteroatoms. The molecular weight excluding hydrogens is 390 g/mol. The predicted octanol–water partition coefficient (Wildman–Crippen LogP) is 3.53. The fraction of sp³-hybridized carbons (Fsp3) is 0.429. The van der Waals surface area contributed by atoms with E-state index in [2.05, 4.69) is 20.4 Å². The van der Waals surface area contributed by atoms with E-state index in [-0.39, 0.29) is 17.9 Å². The van der Waals surface area contributed by atoms with Gasteiger partial charge in [-0.1, -0.05) is 23.7 Å². The first-order valence-electron chi connectivity index (χ1n) is 9.82. The van der Waals surface area contributed by atoms with Gasteiger partial charge in [-0.15, -0.1) is 0 Å². The number of nitrogens with one attached hydrogen (secondary N) is 1. The largest absolute Gasteiger partial charge is 0.390 e. The number of para-hydroxylation sites is 1. The highest BCUT2D eigenvalue weighted by molar-refractivity contribution is 6.34. The monoisotopic (exact) mass is 413 g/mol. The molecule has 4 rings (SSSR count). The predicted molar refractivity (Wildman–Crippen MR) is 111 cm³/mol. The van der Waals surface area contributed by atoms with Gasteiger partial charge in [0.25, 0.3) is 11.9 Å². The van der Waals surface area contributed by atoms with E-state index in [0.29, 0.717) is 16.7 Å². The Labute approximate surface area is 174 Å². The van der Waals surface area contributed by atoms with Crippen LogP contribution in [0.4, 0.5) is 0 Å². The minimum atomic E-state index is -0.668. The van der Waals surface area contributed by atoms with E-state index in [4.69, 9.17) is 11.6 Å². The molecule has 1 fully saturated rings. The fourth-order valence-electron chi connectivity index (χ4n) is 3.94. The Hall–Kier alpha value is -2.51. The van der Waals surface area contributed by atoms with E-state index in [1.807, 2.05) is 38.1 Å². The minimum Gasteiger partial charge on any atom is -0.390 e. The normalized spacial score (nSPS) is 20.0. The van der Waals surface area contributed by atoms with Crippen LogP contribution in [0.15, 0.2) is 36.7 Å². The molecule has 1 aromatic carbocycles. The molecule has 0 atom stereocenters. The lowest BCUT2D eigenvalue weighted by Gasteiger charge is -2.36. The first kappa shape index (κ1) is 19.8. The van der Waals surface area contributed by atoms with Crippen LogP contribution in [-0.4, -0.2) is 42.4 Å². The van der Waals surface area contributed by atoms with Crippen molar-refractivity contribution in [1.82, 2.24) is 25.1 Å². The van der Waals surface area contributed by atoms with Crippen molar-refractivity contribution in [2.45, 2.75) is 51.2 Å². The molecule has 2 aromatic heterocycles. The summed E-state index contributed by atoms with van der Waals surface area (Å²) < 4.78 is 1.57. The average molecular weight is 414 g/mol. The van der Waals surface area contributed by atoms with Crippen LogP contribution in [0.25, 0.3) is 16.9 Å². The van der Waals surface area contributed by atoms with Gasteiger partial charge in [0.05, 0.1) is 16.7 Å². The maximum Gasteiger partial charge on any atom is 0.254 e. The number of hydrogen-bond donors (Lipinski definition) is 2. The summed E-state index contributed by atoms with van der Waals surface area (Å²) in [6, 6.07) is 7.67. The molecule has 3 aromatic rings. The molecule has 0 bridgehead atoms. The molecule has 0 radical (unpaired) electrons. The molecule has 29 heavy (non-hydrogen) atoms. The third-order valence-corrected chi connectivity index (χ3v) is 5.97. The summed E-state index contributed by atoms with van der Waals surface area (Å²) in [5, 5.41) is 18.7. The highest BCUT2D eigenvalue weighted by atomic mass is 35.5. The molecule has 0 spiro atoms. The third-order valence-electron chi connectivity index (χ3n) is 5.69. The number of halogens is 1. The molecule has 2 N–H and O–H groups in total. The van der Waals surface area contributed by atoms with E-state index in [9.17, 15) is 9.90 Å². The molecule has 1 amide bonds. The Bertz CT molecular complexity index is 1020. The lowest BCUT2D eigenvalue weighted by atomic mass is 9.77. The molecule has 1 aliphatic rings. The maximum absolute atomic E-state index is 12.6. The smallest absolute Gasteiger partial charge is 0.254 e. The van der Waals surface area contributed by atoms with Crippen molar-refractivity contribution in [3.05, 3.63) is 47.4 Å². The molecule has 0 saturated heterocycles. The van der Waals surface area contributed by atoms with E-state index in [0.717, 1.165) is 36.6 Å². The summed E-state index contributed by atoms with van der Waals surface area (Å²) in [5.74, 6) is 0.441. The van der Waals surface area contributed by atoms with Crippen molar-refractivity contribution in [3.63, 3.8) is 0 Å². The van der Waals surface area contributed by atoms with Crippen LogP contribution in [0.3, 0.4) is 0 Å². The number of nitrogens with zero attached hydrogens (tertiary/aromatic N) is 4. The Morgan fingerprint density at radius 1 is 1.17 bits per heavy atom. The summed E-state index contributed by atoms with van der Waals surface area (Å²) >= 11 is 6.19. The van der Waals surface area contributed by atoms with Crippen molar-refractivity contribution in [1.29, 1.82) is 0 Å². The lowest BCUT2D eigenvalue weighted by molar-refractivity contribution is -0.00257. The summed E-state index contributed by atoms with van der Waals surface area (Å²) in [7, 11) is 0. The van der Waals surface area contributed by atoms with Gasteiger partial charge in [-0.3, -0.25) is 4.79 Å². The molecule has 7 nitrogen and oxygen atoms in total. The molecule has 0 unspecified atom stereocenters. The summed E-state index contributed by atoms with van der Waals surface area (Å²) in [4.78, 5) is 21.2. The van der Waals surface area contributed by atoms with Crippen LogP contribution in [0, 0.1) is 5.92 Å². The van der Waals surface area contributed by atoms with Crippen molar-refractivity contribution in [2.75, 3.05) is 0 Å². The second kappa shape index (κ2) is 7.72. The molecule has 2 heterocycles. The van der Waals surface area contributed by atoms with Gasteiger partial charge in [0, 0.05) is 23.8 Å². The first-order valence-corrected chi connectivity index (χ1v) is 10.2. The average Bonchev–Trinajstić information content (AvgIpc) is 3.05. The van der Waals surface area contributed by atoms with Crippen molar-refractivity contribution in [3.8, 4) is 5.95 Å². The van der Waals surface area contributed by atoms with Crippen LogP contribution < -0.4 is 5.32 Å². The van der Waals surface area contributed by atoms with E-state index >= 15 is 0 Å². The zero-order valence-electron chi connectivity index (χ0n) is 16.5. The van der Waals surface area contributed by atoms with Crippen LogP contribution in [0.1, 0.15) is 49.9 Å². The lowest BCUT2D eigenvalue weighted by Crippen LogP contribution is -2.41. The van der Waals surface area contributed by atoms with Crippen LogP contribution in [0.2, 0.25) is 5.15 Å². The number of carbonyl (C=O) groups excluding carboxylic acids is 1. The van der Waals surface area contributed by atoms with E-state index in [1.54, 1.807) is 4.68 Å². The highest BCUT2D eigenvalue weighted by Gasteiger charge is 2.31. The maximum atomic E-state index is 12.6. The summed E-state index contributed by atoms with van der Waals surface area (Å²) in [5.41, 5.74) is 0.539. The molecular formula is C21H24ClN5O2. The number of fused-ring (bicyclic) bond motifs is 1. The van der Waals surface area contributed by atoms with Gasteiger partial charge in [-0.2, -0.15) is 9.78 Å². The highest BCUT2D eigenvalue weighted by Crippen LogP contribution is 2.32. The number of aromatic nitrogens is 4. The van der Waals surface area contributed by atoms with Crippen LogP contribution >= 0.6 is 11.6 Å². The van der Waals surface area contributed by atoms with Crippen molar-refractivity contribution in [2.24, 2.45) is 5.92 Å². The van der Waals surface area contributed by atoms with Crippen molar-refractivity contribution >= 4 is 28.4 Å². The van der Waals surface area contributed by atoms with Gasteiger partial charge in [-0.25, -0.2) is 9.97 Å².